The van der Waals surface area contributed by atoms with E-state index in [1.165, 1.54) is 17.5 Å². The second-order valence-corrected chi connectivity index (χ2v) is 7.27. The number of benzene rings is 1. The van der Waals surface area contributed by atoms with Crippen molar-refractivity contribution in [3.8, 4) is 0 Å². The van der Waals surface area contributed by atoms with Crippen molar-refractivity contribution in [1.82, 2.24) is 15.1 Å². The first kappa shape index (κ1) is 18.1. The first-order valence-electron chi connectivity index (χ1n) is 7.93. The predicted molar refractivity (Wildman–Crippen MR) is 92.5 cm³/mol. The average Bonchev–Trinajstić information content (AvgIpc) is 2.36. The maximum Gasteiger partial charge on any atom is 0.0233 e. The number of rotatable bonds is 8. The Hall–Kier alpha value is -0.900. The summed E-state index contributed by atoms with van der Waals surface area (Å²) in [6, 6.07) is 8.77. The zero-order chi connectivity index (χ0) is 15.9. The van der Waals surface area contributed by atoms with Crippen molar-refractivity contribution in [3.05, 3.63) is 35.4 Å². The van der Waals surface area contributed by atoms with Gasteiger partial charge in [-0.05, 0) is 72.6 Å². The largest absolute Gasteiger partial charge is 0.309 e. The molecule has 0 aromatic heterocycles. The Kier molecular flexibility index (Phi) is 7.36. The Bertz CT molecular complexity index is 407. The molecule has 0 aliphatic heterocycles. The molecule has 0 amide bonds. The van der Waals surface area contributed by atoms with E-state index in [2.05, 4.69) is 81.3 Å². The van der Waals surface area contributed by atoms with Gasteiger partial charge < -0.3 is 15.1 Å². The SMILES string of the molecule is CN(C)CCCN(C)Cc1ccccc1CNC(C)(C)C. The minimum Gasteiger partial charge on any atom is -0.309 e. The van der Waals surface area contributed by atoms with Gasteiger partial charge in [0.25, 0.3) is 0 Å². The third-order valence-electron chi connectivity index (χ3n) is 3.51. The fourth-order valence-corrected chi connectivity index (χ4v) is 2.27. The van der Waals surface area contributed by atoms with Gasteiger partial charge in [0.05, 0.1) is 0 Å². The molecule has 0 spiro atoms. The summed E-state index contributed by atoms with van der Waals surface area (Å²) in [5, 5.41) is 3.58. The van der Waals surface area contributed by atoms with Crippen LogP contribution in [0.2, 0.25) is 0 Å². The first-order chi connectivity index (χ1) is 9.78. The summed E-state index contributed by atoms with van der Waals surface area (Å²) in [6.07, 6.45) is 1.21. The van der Waals surface area contributed by atoms with Crippen LogP contribution in [-0.4, -0.2) is 49.6 Å². The minimum absolute atomic E-state index is 0.157. The molecule has 1 N–H and O–H groups in total. The van der Waals surface area contributed by atoms with Crippen molar-refractivity contribution in [2.45, 2.75) is 45.8 Å². The second-order valence-electron chi connectivity index (χ2n) is 7.27. The van der Waals surface area contributed by atoms with Gasteiger partial charge in [-0.15, -0.1) is 0 Å². The van der Waals surface area contributed by atoms with Gasteiger partial charge in [-0.2, -0.15) is 0 Å². The highest BCUT2D eigenvalue weighted by atomic mass is 15.1. The van der Waals surface area contributed by atoms with Crippen LogP contribution < -0.4 is 5.32 Å². The lowest BCUT2D eigenvalue weighted by Gasteiger charge is -2.23. The molecule has 1 aromatic rings. The quantitative estimate of drug-likeness (QED) is 0.794. The van der Waals surface area contributed by atoms with Crippen molar-refractivity contribution in [3.63, 3.8) is 0 Å². The second kappa shape index (κ2) is 8.52. The molecule has 1 rings (SSSR count). The van der Waals surface area contributed by atoms with Crippen LogP contribution in [0.15, 0.2) is 24.3 Å². The third-order valence-corrected chi connectivity index (χ3v) is 3.51. The molecular formula is C18H33N3. The summed E-state index contributed by atoms with van der Waals surface area (Å²) >= 11 is 0. The summed E-state index contributed by atoms with van der Waals surface area (Å²) < 4.78 is 0. The van der Waals surface area contributed by atoms with E-state index < -0.39 is 0 Å². The van der Waals surface area contributed by atoms with E-state index in [-0.39, 0.29) is 5.54 Å². The molecule has 3 heteroatoms. The van der Waals surface area contributed by atoms with E-state index in [1.807, 2.05) is 0 Å². The predicted octanol–water partition coefficient (Wildman–Crippen LogP) is 2.96. The summed E-state index contributed by atoms with van der Waals surface area (Å²) in [4.78, 5) is 4.66. The molecule has 0 atom stereocenters. The topological polar surface area (TPSA) is 18.5 Å². The molecule has 0 saturated carbocycles. The van der Waals surface area contributed by atoms with Crippen LogP contribution in [0.5, 0.6) is 0 Å². The van der Waals surface area contributed by atoms with Crippen LogP contribution in [0.25, 0.3) is 0 Å². The Morgan fingerprint density at radius 3 is 2.14 bits per heavy atom. The molecule has 0 radical (unpaired) electrons. The van der Waals surface area contributed by atoms with E-state index in [4.69, 9.17) is 0 Å². The van der Waals surface area contributed by atoms with Gasteiger partial charge in [-0.25, -0.2) is 0 Å². The van der Waals surface area contributed by atoms with Crippen LogP contribution in [0.3, 0.4) is 0 Å². The monoisotopic (exact) mass is 291 g/mol. The zero-order valence-electron chi connectivity index (χ0n) is 14.7. The molecule has 0 aliphatic rings. The molecule has 0 unspecified atom stereocenters. The Balaban J connectivity index is 2.54. The van der Waals surface area contributed by atoms with E-state index in [0.29, 0.717) is 0 Å². The fourth-order valence-electron chi connectivity index (χ4n) is 2.27. The van der Waals surface area contributed by atoms with E-state index in [1.54, 1.807) is 0 Å². The average molecular weight is 291 g/mol. The molecule has 3 nitrogen and oxygen atoms in total. The van der Waals surface area contributed by atoms with E-state index >= 15 is 0 Å². The van der Waals surface area contributed by atoms with Crippen LogP contribution >= 0.6 is 0 Å². The summed E-state index contributed by atoms with van der Waals surface area (Å²) in [6.45, 7) is 10.9. The van der Waals surface area contributed by atoms with Crippen molar-refractivity contribution in [2.24, 2.45) is 0 Å². The molecule has 0 bridgehead atoms. The van der Waals surface area contributed by atoms with E-state index in [9.17, 15) is 0 Å². The molecule has 1 aromatic carbocycles. The van der Waals surface area contributed by atoms with Crippen molar-refractivity contribution < 1.29 is 0 Å². The van der Waals surface area contributed by atoms with Crippen molar-refractivity contribution in [1.29, 1.82) is 0 Å². The lowest BCUT2D eigenvalue weighted by Crippen LogP contribution is -2.35. The minimum atomic E-state index is 0.157. The van der Waals surface area contributed by atoms with Gasteiger partial charge in [0.15, 0.2) is 0 Å². The standard InChI is InChI=1S/C18H33N3/c1-18(2,3)19-14-16-10-7-8-11-17(16)15-21(6)13-9-12-20(4)5/h7-8,10-11,19H,9,12-15H2,1-6H3. The maximum atomic E-state index is 3.58. The zero-order valence-corrected chi connectivity index (χ0v) is 14.7. The van der Waals surface area contributed by atoms with Gasteiger partial charge in [0.2, 0.25) is 0 Å². The first-order valence-corrected chi connectivity index (χ1v) is 7.93. The van der Waals surface area contributed by atoms with Crippen LogP contribution in [0.4, 0.5) is 0 Å². The third kappa shape index (κ3) is 8.20. The van der Waals surface area contributed by atoms with Crippen LogP contribution in [0, 0.1) is 0 Å². The molecule has 0 saturated heterocycles. The van der Waals surface area contributed by atoms with Gasteiger partial charge >= 0.3 is 0 Å². The Labute approximate surface area is 131 Å². The summed E-state index contributed by atoms with van der Waals surface area (Å²) in [5.74, 6) is 0. The van der Waals surface area contributed by atoms with Gasteiger partial charge in [-0.3, -0.25) is 0 Å². The maximum absolute atomic E-state index is 3.58. The molecule has 0 aliphatic carbocycles. The van der Waals surface area contributed by atoms with Crippen LogP contribution in [-0.2, 0) is 13.1 Å². The highest BCUT2D eigenvalue weighted by Gasteiger charge is 2.11. The molecule has 0 heterocycles. The van der Waals surface area contributed by atoms with Gasteiger partial charge in [-0.1, -0.05) is 24.3 Å². The highest BCUT2D eigenvalue weighted by molar-refractivity contribution is 5.27. The molecular weight excluding hydrogens is 258 g/mol. The molecule has 120 valence electrons. The fraction of sp³-hybridized carbons (Fsp3) is 0.667. The van der Waals surface area contributed by atoms with Crippen molar-refractivity contribution >= 4 is 0 Å². The molecule has 21 heavy (non-hydrogen) atoms. The lowest BCUT2D eigenvalue weighted by molar-refractivity contribution is 0.293. The van der Waals surface area contributed by atoms with Gasteiger partial charge in [0, 0.05) is 18.6 Å². The lowest BCUT2D eigenvalue weighted by atomic mass is 10.0. The smallest absolute Gasteiger partial charge is 0.0233 e. The van der Waals surface area contributed by atoms with Gasteiger partial charge in [0.1, 0.15) is 0 Å². The van der Waals surface area contributed by atoms with E-state index in [0.717, 1.165) is 26.2 Å². The highest BCUT2D eigenvalue weighted by Crippen LogP contribution is 2.13. The number of nitrogens with one attached hydrogen (secondary N) is 1. The summed E-state index contributed by atoms with van der Waals surface area (Å²) in [5.41, 5.74) is 3.00. The molecule has 0 fully saturated rings. The van der Waals surface area contributed by atoms with Crippen molar-refractivity contribution in [2.75, 3.05) is 34.2 Å². The Morgan fingerprint density at radius 2 is 1.57 bits per heavy atom. The summed E-state index contributed by atoms with van der Waals surface area (Å²) in [7, 11) is 6.48. The normalized spacial score (nSPS) is 12.4. The Morgan fingerprint density at radius 1 is 0.952 bits per heavy atom. The van der Waals surface area contributed by atoms with Crippen LogP contribution in [0.1, 0.15) is 38.3 Å². The number of hydrogen-bond donors (Lipinski definition) is 1. The number of nitrogens with zero attached hydrogens (tertiary/aromatic N) is 2. The number of hydrogen-bond acceptors (Lipinski definition) is 3.